The van der Waals surface area contributed by atoms with Crippen LogP contribution in [0.4, 0.5) is 5.95 Å². The van der Waals surface area contributed by atoms with Gasteiger partial charge in [-0.15, -0.1) is 0 Å². The van der Waals surface area contributed by atoms with Gasteiger partial charge in [0.15, 0.2) is 0 Å². The number of rotatable bonds is 3. The van der Waals surface area contributed by atoms with E-state index in [2.05, 4.69) is 25.4 Å². The smallest absolute Gasteiger partial charge is 0.256 e. The first-order valence-corrected chi connectivity index (χ1v) is 6.37. The molecule has 6 nitrogen and oxygen atoms in total. The van der Waals surface area contributed by atoms with Gasteiger partial charge in [0.25, 0.3) is 5.95 Å². The SMILES string of the molecule is Clc1nc(NC2CCCC2)nc(-n2cccn2)n1. The molecule has 18 heavy (non-hydrogen) atoms. The van der Waals surface area contributed by atoms with Crippen LogP contribution in [-0.4, -0.2) is 30.8 Å². The summed E-state index contributed by atoms with van der Waals surface area (Å²) >= 11 is 5.91. The van der Waals surface area contributed by atoms with Gasteiger partial charge in [0.1, 0.15) is 0 Å². The Morgan fingerprint density at radius 3 is 2.78 bits per heavy atom. The topological polar surface area (TPSA) is 68.5 Å². The summed E-state index contributed by atoms with van der Waals surface area (Å²) in [6.07, 6.45) is 8.25. The molecule has 0 bridgehead atoms. The third kappa shape index (κ3) is 2.43. The van der Waals surface area contributed by atoms with Gasteiger partial charge in [0, 0.05) is 18.4 Å². The molecule has 94 valence electrons. The number of hydrogen-bond acceptors (Lipinski definition) is 5. The van der Waals surface area contributed by atoms with E-state index in [1.807, 2.05) is 6.07 Å². The average molecular weight is 265 g/mol. The van der Waals surface area contributed by atoms with Crippen LogP contribution in [-0.2, 0) is 0 Å². The van der Waals surface area contributed by atoms with Crippen molar-refractivity contribution in [3.05, 3.63) is 23.7 Å². The summed E-state index contributed by atoms with van der Waals surface area (Å²) in [5.74, 6) is 0.952. The molecular weight excluding hydrogens is 252 g/mol. The zero-order chi connectivity index (χ0) is 12.4. The Morgan fingerprint density at radius 2 is 2.06 bits per heavy atom. The second kappa shape index (κ2) is 4.89. The van der Waals surface area contributed by atoms with E-state index in [9.17, 15) is 0 Å². The van der Waals surface area contributed by atoms with Gasteiger partial charge in [0.05, 0.1) is 0 Å². The van der Waals surface area contributed by atoms with Crippen molar-refractivity contribution < 1.29 is 0 Å². The van der Waals surface area contributed by atoms with Crippen molar-refractivity contribution in [1.29, 1.82) is 0 Å². The highest BCUT2D eigenvalue weighted by Gasteiger charge is 2.16. The summed E-state index contributed by atoms with van der Waals surface area (Å²) in [6, 6.07) is 2.25. The van der Waals surface area contributed by atoms with E-state index in [0.717, 1.165) is 12.8 Å². The average Bonchev–Trinajstić information content (AvgIpc) is 3.00. The summed E-state index contributed by atoms with van der Waals surface area (Å²) in [5.41, 5.74) is 0. The predicted octanol–water partition coefficient (Wildman–Crippen LogP) is 2.07. The van der Waals surface area contributed by atoms with Gasteiger partial charge in [-0.05, 0) is 30.5 Å². The van der Waals surface area contributed by atoms with E-state index >= 15 is 0 Å². The molecule has 1 fully saturated rings. The van der Waals surface area contributed by atoms with Gasteiger partial charge in [-0.25, -0.2) is 4.68 Å². The van der Waals surface area contributed by atoms with Gasteiger partial charge in [-0.2, -0.15) is 20.1 Å². The number of nitrogens with zero attached hydrogens (tertiary/aromatic N) is 5. The number of hydrogen-bond donors (Lipinski definition) is 1. The maximum atomic E-state index is 5.91. The van der Waals surface area contributed by atoms with Crippen molar-refractivity contribution in [1.82, 2.24) is 24.7 Å². The predicted molar refractivity (Wildman–Crippen MR) is 67.8 cm³/mol. The van der Waals surface area contributed by atoms with Crippen molar-refractivity contribution in [2.24, 2.45) is 0 Å². The number of aromatic nitrogens is 5. The zero-order valence-electron chi connectivity index (χ0n) is 9.75. The van der Waals surface area contributed by atoms with Crippen molar-refractivity contribution in [3.63, 3.8) is 0 Å². The lowest BCUT2D eigenvalue weighted by molar-refractivity contribution is 0.732. The molecule has 2 aromatic heterocycles. The molecule has 0 amide bonds. The number of nitrogens with one attached hydrogen (secondary N) is 1. The molecule has 1 N–H and O–H groups in total. The van der Waals surface area contributed by atoms with Gasteiger partial charge in [0.2, 0.25) is 11.2 Å². The third-order valence-electron chi connectivity index (χ3n) is 2.99. The van der Waals surface area contributed by atoms with E-state index in [0.29, 0.717) is 17.9 Å². The Kier molecular flexibility index (Phi) is 3.10. The fourth-order valence-corrected chi connectivity index (χ4v) is 2.30. The molecule has 7 heteroatoms. The lowest BCUT2D eigenvalue weighted by Crippen LogP contribution is -2.18. The molecular formula is C11H13ClN6. The van der Waals surface area contributed by atoms with Crippen LogP contribution in [0.3, 0.4) is 0 Å². The summed E-state index contributed by atoms with van der Waals surface area (Å²) in [7, 11) is 0. The van der Waals surface area contributed by atoms with Crippen molar-refractivity contribution in [2.75, 3.05) is 5.32 Å². The van der Waals surface area contributed by atoms with Crippen molar-refractivity contribution in [3.8, 4) is 5.95 Å². The highest BCUT2D eigenvalue weighted by atomic mass is 35.5. The first kappa shape index (κ1) is 11.4. The molecule has 2 aromatic rings. The molecule has 3 rings (SSSR count). The highest BCUT2D eigenvalue weighted by molar-refractivity contribution is 6.28. The van der Waals surface area contributed by atoms with Crippen LogP contribution >= 0.6 is 11.6 Å². The minimum absolute atomic E-state index is 0.177. The molecule has 1 aliphatic rings. The van der Waals surface area contributed by atoms with Gasteiger partial charge in [-0.3, -0.25) is 0 Å². The van der Waals surface area contributed by atoms with Crippen LogP contribution in [0.15, 0.2) is 18.5 Å². The van der Waals surface area contributed by atoms with Gasteiger partial charge < -0.3 is 5.32 Å². The Bertz CT molecular complexity index is 520. The summed E-state index contributed by atoms with van der Waals surface area (Å²) in [4.78, 5) is 12.5. The molecule has 2 heterocycles. The largest absolute Gasteiger partial charge is 0.351 e. The first-order chi connectivity index (χ1) is 8.81. The zero-order valence-corrected chi connectivity index (χ0v) is 10.5. The van der Waals surface area contributed by atoms with E-state index < -0.39 is 0 Å². The van der Waals surface area contributed by atoms with Gasteiger partial charge in [-0.1, -0.05) is 12.8 Å². The lowest BCUT2D eigenvalue weighted by Gasteiger charge is -2.12. The molecule has 1 aliphatic carbocycles. The summed E-state index contributed by atoms with van der Waals surface area (Å²) < 4.78 is 1.56. The van der Waals surface area contributed by atoms with Crippen molar-refractivity contribution in [2.45, 2.75) is 31.7 Å². The molecule has 0 atom stereocenters. The van der Waals surface area contributed by atoms with Crippen LogP contribution in [0, 0.1) is 0 Å². The highest BCUT2D eigenvalue weighted by Crippen LogP contribution is 2.21. The Labute approximate surface area is 109 Å². The fraction of sp³-hybridized carbons (Fsp3) is 0.455. The molecule has 0 spiro atoms. The van der Waals surface area contributed by atoms with Crippen LogP contribution in [0.25, 0.3) is 5.95 Å². The van der Waals surface area contributed by atoms with E-state index in [-0.39, 0.29) is 5.28 Å². The van der Waals surface area contributed by atoms with Crippen LogP contribution in [0.1, 0.15) is 25.7 Å². The maximum absolute atomic E-state index is 5.91. The second-order valence-corrected chi connectivity index (χ2v) is 4.64. The van der Waals surface area contributed by atoms with E-state index in [1.54, 1.807) is 17.1 Å². The minimum Gasteiger partial charge on any atom is -0.351 e. The fourth-order valence-electron chi connectivity index (χ4n) is 2.15. The Morgan fingerprint density at radius 1 is 1.22 bits per heavy atom. The molecule has 0 saturated heterocycles. The quantitative estimate of drug-likeness (QED) is 0.919. The second-order valence-electron chi connectivity index (χ2n) is 4.30. The Balaban J connectivity index is 1.86. The summed E-state index contributed by atoms with van der Waals surface area (Å²) in [6.45, 7) is 0. The van der Waals surface area contributed by atoms with Crippen LogP contribution in [0.5, 0.6) is 0 Å². The number of anilines is 1. The van der Waals surface area contributed by atoms with Gasteiger partial charge >= 0.3 is 0 Å². The lowest BCUT2D eigenvalue weighted by atomic mass is 10.3. The molecule has 1 saturated carbocycles. The standard InChI is InChI=1S/C11H13ClN6/c12-9-15-10(14-8-4-1-2-5-8)17-11(16-9)18-7-3-6-13-18/h3,6-8H,1-2,4-5H2,(H,14,15,16,17). The summed E-state index contributed by atoms with van der Waals surface area (Å²) in [5, 5.41) is 7.55. The third-order valence-corrected chi connectivity index (χ3v) is 3.16. The number of halogens is 1. The normalized spacial score (nSPS) is 16.1. The van der Waals surface area contributed by atoms with Crippen LogP contribution < -0.4 is 5.32 Å². The molecule has 0 radical (unpaired) electrons. The monoisotopic (exact) mass is 264 g/mol. The maximum Gasteiger partial charge on any atom is 0.256 e. The Hall–Kier alpha value is -1.69. The molecule has 0 aromatic carbocycles. The minimum atomic E-state index is 0.177. The van der Waals surface area contributed by atoms with Crippen LogP contribution in [0.2, 0.25) is 5.28 Å². The molecule has 0 aliphatic heterocycles. The van der Waals surface area contributed by atoms with Crippen molar-refractivity contribution >= 4 is 17.5 Å². The molecule has 0 unspecified atom stereocenters. The van der Waals surface area contributed by atoms with E-state index in [1.165, 1.54) is 12.8 Å². The van der Waals surface area contributed by atoms with E-state index in [4.69, 9.17) is 11.6 Å². The first-order valence-electron chi connectivity index (χ1n) is 5.99.